The van der Waals surface area contributed by atoms with E-state index < -0.39 is 10.0 Å². The molecule has 0 atom stereocenters. The number of halogens is 3. The predicted molar refractivity (Wildman–Crippen MR) is 84.7 cm³/mol. The van der Waals surface area contributed by atoms with Crippen molar-refractivity contribution in [1.29, 1.82) is 0 Å². The Morgan fingerprint density at radius 2 is 1.84 bits per heavy atom. The second-order valence-corrected chi connectivity index (χ2v) is 7.44. The van der Waals surface area contributed by atoms with Crippen molar-refractivity contribution in [2.45, 2.75) is 13.3 Å². The van der Waals surface area contributed by atoms with Gasteiger partial charge in [-0.05, 0) is 31.6 Å². The molecule has 108 valence electrons. The van der Waals surface area contributed by atoms with Crippen molar-refractivity contribution in [3.63, 3.8) is 0 Å². The first-order chi connectivity index (χ1) is 8.85. The SMILES string of the molecule is CCNCCCS(=O)(=O)Nc1c(Cl)cc(Br)cc1Cl. The maximum absolute atomic E-state index is 11.9. The van der Waals surface area contributed by atoms with E-state index in [1.54, 1.807) is 12.1 Å². The molecule has 2 N–H and O–H groups in total. The summed E-state index contributed by atoms with van der Waals surface area (Å²) in [6.45, 7) is 3.44. The number of anilines is 1. The van der Waals surface area contributed by atoms with Gasteiger partial charge in [-0.15, -0.1) is 0 Å². The highest BCUT2D eigenvalue weighted by molar-refractivity contribution is 9.10. The van der Waals surface area contributed by atoms with Gasteiger partial charge in [0.15, 0.2) is 0 Å². The van der Waals surface area contributed by atoms with E-state index in [1.165, 1.54) is 0 Å². The Morgan fingerprint density at radius 1 is 1.26 bits per heavy atom. The Hall–Kier alpha value is -0.0100. The minimum atomic E-state index is -3.45. The molecule has 1 aromatic rings. The minimum absolute atomic E-state index is 0.0166. The zero-order chi connectivity index (χ0) is 14.5. The van der Waals surface area contributed by atoms with E-state index >= 15 is 0 Å². The number of hydrogen-bond acceptors (Lipinski definition) is 3. The fourth-order valence-electron chi connectivity index (χ4n) is 1.41. The fraction of sp³-hybridized carbons (Fsp3) is 0.455. The lowest BCUT2D eigenvalue weighted by Gasteiger charge is -2.11. The average molecular weight is 390 g/mol. The Balaban J connectivity index is 2.73. The molecular formula is C11H15BrCl2N2O2S. The minimum Gasteiger partial charge on any atom is -0.317 e. The van der Waals surface area contributed by atoms with Crippen molar-refractivity contribution < 1.29 is 8.42 Å². The summed E-state index contributed by atoms with van der Waals surface area (Å²) in [5.74, 6) is 0.0166. The smallest absolute Gasteiger partial charge is 0.232 e. The third kappa shape index (κ3) is 5.87. The molecule has 0 saturated heterocycles. The first-order valence-electron chi connectivity index (χ1n) is 5.71. The van der Waals surface area contributed by atoms with Gasteiger partial charge in [0, 0.05) is 4.47 Å². The molecule has 0 fully saturated rings. The molecule has 0 saturated carbocycles. The summed E-state index contributed by atoms with van der Waals surface area (Å²) in [7, 11) is -3.45. The van der Waals surface area contributed by atoms with Gasteiger partial charge < -0.3 is 5.32 Å². The van der Waals surface area contributed by atoms with Crippen LogP contribution < -0.4 is 10.0 Å². The first-order valence-corrected chi connectivity index (χ1v) is 8.91. The summed E-state index contributed by atoms with van der Waals surface area (Å²) >= 11 is 15.2. The molecule has 0 aliphatic heterocycles. The maximum atomic E-state index is 11.9. The lowest BCUT2D eigenvalue weighted by Crippen LogP contribution is -2.22. The molecule has 0 heterocycles. The molecular weight excluding hydrogens is 375 g/mol. The van der Waals surface area contributed by atoms with Crippen molar-refractivity contribution in [2.24, 2.45) is 0 Å². The Labute approximate surface area is 132 Å². The Bertz CT molecular complexity index is 514. The molecule has 0 bridgehead atoms. The molecule has 0 amide bonds. The monoisotopic (exact) mass is 388 g/mol. The summed E-state index contributed by atoms with van der Waals surface area (Å²) in [5, 5.41) is 3.58. The van der Waals surface area contributed by atoms with E-state index in [0.717, 1.165) is 6.54 Å². The van der Waals surface area contributed by atoms with Crippen LogP contribution in [0.3, 0.4) is 0 Å². The largest absolute Gasteiger partial charge is 0.317 e. The van der Waals surface area contributed by atoms with E-state index in [1.807, 2.05) is 6.92 Å². The lowest BCUT2D eigenvalue weighted by atomic mass is 10.3. The number of rotatable bonds is 7. The number of benzene rings is 1. The summed E-state index contributed by atoms with van der Waals surface area (Å²) in [5.41, 5.74) is 0.218. The van der Waals surface area contributed by atoms with Gasteiger partial charge in [-0.1, -0.05) is 46.1 Å². The van der Waals surface area contributed by atoms with Gasteiger partial charge in [0.1, 0.15) is 0 Å². The average Bonchev–Trinajstić information content (AvgIpc) is 2.29. The second kappa shape index (κ2) is 7.69. The van der Waals surface area contributed by atoms with Crippen LogP contribution in [0, 0.1) is 0 Å². The van der Waals surface area contributed by atoms with Crippen LogP contribution in [0.1, 0.15) is 13.3 Å². The van der Waals surface area contributed by atoms with Gasteiger partial charge in [0.25, 0.3) is 0 Å². The first kappa shape index (κ1) is 17.0. The van der Waals surface area contributed by atoms with E-state index in [0.29, 0.717) is 17.4 Å². The molecule has 1 rings (SSSR count). The van der Waals surface area contributed by atoms with Crippen LogP contribution in [0.4, 0.5) is 5.69 Å². The quantitative estimate of drug-likeness (QED) is 0.701. The molecule has 0 aliphatic rings. The van der Waals surface area contributed by atoms with Crippen LogP contribution in [-0.2, 0) is 10.0 Å². The van der Waals surface area contributed by atoms with Crippen LogP contribution in [0.25, 0.3) is 0 Å². The van der Waals surface area contributed by atoms with Crippen LogP contribution in [0.2, 0.25) is 10.0 Å². The van der Waals surface area contributed by atoms with Gasteiger partial charge in [0.2, 0.25) is 10.0 Å². The van der Waals surface area contributed by atoms with Crippen LogP contribution in [0.5, 0.6) is 0 Å². The standard InChI is InChI=1S/C11H15BrCl2N2O2S/c1-2-15-4-3-5-19(17,18)16-11-9(13)6-8(12)7-10(11)14/h6-7,15-16H,2-5H2,1H3. The summed E-state index contributed by atoms with van der Waals surface area (Å²) in [6.07, 6.45) is 0.523. The summed E-state index contributed by atoms with van der Waals surface area (Å²) in [4.78, 5) is 0. The van der Waals surface area contributed by atoms with Crippen molar-refractivity contribution in [3.05, 3.63) is 26.7 Å². The zero-order valence-electron chi connectivity index (χ0n) is 10.3. The van der Waals surface area contributed by atoms with Gasteiger partial charge in [-0.2, -0.15) is 0 Å². The van der Waals surface area contributed by atoms with Crippen molar-refractivity contribution >= 4 is 54.8 Å². The summed E-state index contributed by atoms with van der Waals surface area (Å²) < 4.78 is 26.9. The molecule has 0 aliphatic carbocycles. The van der Waals surface area contributed by atoms with Crippen molar-refractivity contribution in [3.8, 4) is 0 Å². The zero-order valence-corrected chi connectivity index (χ0v) is 14.3. The van der Waals surface area contributed by atoms with Crippen molar-refractivity contribution in [2.75, 3.05) is 23.6 Å². The molecule has 19 heavy (non-hydrogen) atoms. The summed E-state index contributed by atoms with van der Waals surface area (Å²) in [6, 6.07) is 3.17. The Morgan fingerprint density at radius 3 is 2.37 bits per heavy atom. The highest BCUT2D eigenvalue weighted by Gasteiger charge is 2.15. The predicted octanol–water partition coefficient (Wildman–Crippen LogP) is 3.50. The third-order valence-electron chi connectivity index (χ3n) is 2.28. The van der Waals surface area contributed by atoms with Crippen LogP contribution >= 0.6 is 39.1 Å². The topological polar surface area (TPSA) is 58.2 Å². The molecule has 1 aromatic carbocycles. The number of hydrogen-bond donors (Lipinski definition) is 2. The van der Waals surface area contributed by atoms with Gasteiger partial charge in [0.05, 0.1) is 21.5 Å². The van der Waals surface area contributed by atoms with Gasteiger partial charge >= 0.3 is 0 Å². The number of nitrogens with one attached hydrogen (secondary N) is 2. The third-order valence-corrected chi connectivity index (χ3v) is 4.68. The van der Waals surface area contributed by atoms with E-state index in [4.69, 9.17) is 23.2 Å². The van der Waals surface area contributed by atoms with Gasteiger partial charge in [-0.3, -0.25) is 4.72 Å². The molecule has 0 aromatic heterocycles. The van der Waals surface area contributed by atoms with Crippen molar-refractivity contribution in [1.82, 2.24) is 5.32 Å². The molecule has 0 unspecified atom stereocenters. The molecule has 0 spiro atoms. The van der Waals surface area contributed by atoms with Gasteiger partial charge in [-0.25, -0.2) is 8.42 Å². The van der Waals surface area contributed by atoms with E-state index in [2.05, 4.69) is 26.0 Å². The molecule has 0 radical (unpaired) electrons. The second-order valence-electron chi connectivity index (χ2n) is 3.87. The highest BCUT2D eigenvalue weighted by Crippen LogP contribution is 2.34. The lowest BCUT2D eigenvalue weighted by molar-refractivity contribution is 0.595. The van der Waals surface area contributed by atoms with Crippen LogP contribution in [-0.4, -0.2) is 27.3 Å². The normalized spacial score (nSPS) is 11.6. The molecule has 8 heteroatoms. The van der Waals surface area contributed by atoms with Crippen LogP contribution in [0.15, 0.2) is 16.6 Å². The fourth-order valence-corrected chi connectivity index (χ4v) is 3.98. The Kier molecular flexibility index (Phi) is 6.90. The highest BCUT2D eigenvalue weighted by atomic mass is 79.9. The van der Waals surface area contributed by atoms with E-state index in [-0.39, 0.29) is 21.5 Å². The van der Waals surface area contributed by atoms with E-state index in [9.17, 15) is 8.42 Å². The molecule has 4 nitrogen and oxygen atoms in total. The number of sulfonamides is 1. The maximum Gasteiger partial charge on any atom is 0.232 e.